The minimum Gasteiger partial charge on any atom is -0.345 e. The van der Waals surface area contributed by atoms with Gasteiger partial charge in [0.05, 0.1) is 23.4 Å². The van der Waals surface area contributed by atoms with Gasteiger partial charge >= 0.3 is 0 Å². The Hall–Kier alpha value is -2.32. The molecule has 26 heavy (non-hydrogen) atoms. The Morgan fingerprint density at radius 3 is 3.00 bits per heavy atom. The second-order valence-corrected chi connectivity index (χ2v) is 7.78. The summed E-state index contributed by atoms with van der Waals surface area (Å²) in [6, 6.07) is 2.29. The first-order valence-corrected chi connectivity index (χ1v) is 9.69. The maximum atomic E-state index is 12.4. The number of piperidine rings is 1. The minimum absolute atomic E-state index is 0.0742. The van der Waals surface area contributed by atoms with Crippen LogP contribution in [0.5, 0.6) is 0 Å². The molecular weight excluding hydrogens is 348 g/mol. The first-order valence-electron chi connectivity index (χ1n) is 8.81. The molecule has 1 saturated heterocycles. The molecule has 0 radical (unpaired) electrons. The third-order valence-electron chi connectivity index (χ3n) is 4.86. The van der Waals surface area contributed by atoms with E-state index in [9.17, 15) is 4.79 Å². The van der Waals surface area contributed by atoms with Crippen molar-refractivity contribution in [3.05, 3.63) is 46.3 Å². The summed E-state index contributed by atoms with van der Waals surface area (Å²) in [6.45, 7) is 1.95. The van der Waals surface area contributed by atoms with Gasteiger partial charge in [0.15, 0.2) is 5.65 Å². The number of fused-ring (bicyclic) bond motifs is 1. The normalized spacial score (nSPS) is 18.3. The van der Waals surface area contributed by atoms with Gasteiger partial charge in [-0.3, -0.25) is 14.7 Å². The molecule has 1 amide bonds. The highest BCUT2D eigenvalue weighted by Gasteiger charge is 2.28. The second kappa shape index (κ2) is 7.13. The van der Waals surface area contributed by atoms with Gasteiger partial charge in [0.2, 0.25) is 0 Å². The molecule has 1 aliphatic rings. The molecule has 7 nitrogen and oxygen atoms in total. The van der Waals surface area contributed by atoms with Gasteiger partial charge in [0.25, 0.3) is 5.91 Å². The van der Waals surface area contributed by atoms with Crippen LogP contribution in [0.15, 0.2) is 30.2 Å². The van der Waals surface area contributed by atoms with Crippen molar-refractivity contribution in [2.24, 2.45) is 0 Å². The van der Waals surface area contributed by atoms with Crippen LogP contribution in [-0.2, 0) is 6.54 Å². The number of hydrogen-bond acceptors (Lipinski definition) is 6. The van der Waals surface area contributed by atoms with Gasteiger partial charge in [-0.25, -0.2) is 9.50 Å². The van der Waals surface area contributed by atoms with Crippen molar-refractivity contribution in [3.63, 3.8) is 0 Å². The Labute approximate surface area is 156 Å². The van der Waals surface area contributed by atoms with Crippen molar-refractivity contribution < 1.29 is 4.79 Å². The lowest BCUT2D eigenvalue weighted by Gasteiger charge is -2.35. The molecule has 0 aliphatic carbocycles. The molecule has 0 spiro atoms. The Balaban J connectivity index is 1.71. The van der Waals surface area contributed by atoms with Crippen LogP contribution in [0.1, 0.15) is 46.2 Å². The Kier molecular flexibility index (Phi) is 4.69. The molecule has 3 aromatic heterocycles. The van der Waals surface area contributed by atoms with E-state index in [2.05, 4.69) is 20.0 Å². The van der Waals surface area contributed by atoms with Crippen LogP contribution >= 0.6 is 11.3 Å². The number of aromatic nitrogens is 4. The Morgan fingerprint density at radius 1 is 1.35 bits per heavy atom. The molecule has 1 fully saturated rings. The van der Waals surface area contributed by atoms with E-state index in [1.165, 1.54) is 17.7 Å². The van der Waals surface area contributed by atoms with E-state index in [1.54, 1.807) is 42.7 Å². The summed E-state index contributed by atoms with van der Waals surface area (Å²) in [7, 11) is 3.49. The van der Waals surface area contributed by atoms with Crippen molar-refractivity contribution in [1.82, 2.24) is 29.4 Å². The molecular formula is C18H22N6OS. The number of rotatable bonds is 4. The summed E-state index contributed by atoms with van der Waals surface area (Å²) >= 11 is 1.69. The van der Waals surface area contributed by atoms with Crippen LogP contribution in [0.25, 0.3) is 5.65 Å². The van der Waals surface area contributed by atoms with Crippen LogP contribution in [0.4, 0.5) is 0 Å². The summed E-state index contributed by atoms with van der Waals surface area (Å²) < 4.78 is 1.84. The van der Waals surface area contributed by atoms with E-state index in [-0.39, 0.29) is 11.9 Å². The van der Waals surface area contributed by atoms with E-state index in [4.69, 9.17) is 0 Å². The predicted molar refractivity (Wildman–Crippen MR) is 100 cm³/mol. The summed E-state index contributed by atoms with van der Waals surface area (Å²) in [5, 5.41) is 4.50. The Bertz CT molecular complexity index is 904. The zero-order chi connectivity index (χ0) is 18.1. The summed E-state index contributed by atoms with van der Waals surface area (Å²) in [5.74, 6) is -0.0742. The maximum Gasteiger partial charge on any atom is 0.258 e. The highest BCUT2D eigenvalue weighted by atomic mass is 32.1. The van der Waals surface area contributed by atoms with Crippen molar-refractivity contribution in [3.8, 4) is 0 Å². The maximum absolute atomic E-state index is 12.4. The van der Waals surface area contributed by atoms with E-state index in [0.29, 0.717) is 11.2 Å². The highest BCUT2D eigenvalue weighted by molar-refractivity contribution is 7.09. The van der Waals surface area contributed by atoms with Gasteiger partial charge in [0, 0.05) is 37.9 Å². The fourth-order valence-corrected chi connectivity index (χ4v) is 4.21. The topological polar surface area (TPSA) is 66.6 Å². The van der Waals surface area contributed by atoms with E-state index in [0.717, 1.165) is 25.2 Å². The van der Waals surface area contributed by atoms with Crippen molar-refractivity contribution >= 4 is 22.9 Å². The standard InChI is InChI=1S/C18H22N6OS/c1-22(2)18(25)14-10-21-24-16(6-7-20-17(14)24)15-5-3-4-8-23(15)11-13-9-19-12-26-13/h6-7,9-10,12,15H,3-5,8,11H2,1-2H3. The van der Waals surface area contributed by atoms with Gasteiger partial charge in [-0.15, -0.1) is 11.3 Å². The second-order valence-electron chi connectivity index (χ2n) is 6.81. The summed E-state index contributed by atoms with van der Waals surface area (Å²) in [6.07, 6.45) is 8.84. The number of amides is 1. The largest absolute Gasteiger partial charge is 0.345 e. The molecule has 4 rings (SSSR count). The quantitative estimate of drug-likeness (QED) is 0.706. The van der Waals surface area contributed by atoms with E-state index >= 15 is 0 Å². The molecule has 0 saturated carbocycles. The molecule has 1 aliphatic heterocycles. The van der Waals surface area contributed by atoms with Crippen LogP contribution in [0.2, 0.25) is 0 Å². The molecule has 0 bridgehead atoms. The number of nitrogens with zero attached hydrogens (tertiary/aromatic N) is 6. The first-order chi connectivity index (χ1) is 12.6. The van der Waals surface area contributed by atoms with Crippen LogP contribution in [0.3, 0.4) is 0 Å². The predicted octanol–water partition coefficient (Wildman–Crippen LogP) is 2.61. The minimum atomic E-state index is -0.0742. The molecule has 0 aromatic carbocycles. The van der Waals surface area contributed by atoms with Gasteiger partial charge in [-0.2, -0.15) is 5.10 Å². The van der Waals surface area contributed by atoms with Crippen molar-refractivity contribution in [1.29, 1.82) is 0 Å². The smallest absolute Gasteiger partial charge is 0.258 e. The molecule has 8 heteroatoms. The highest BCUT2D eigenvalue weighted by Crippen LogP contribution is 2.32. The lowest BCUT2D eigenvalue weighted by molar-refractivity contribution is 0.0829. The lowest BCUT2D eigenvalue weighted by atomic mass is 9.99. The van der Waals surface area contributed by atoms with Crippen molar-refractivity contribution in [2.45, 2.75) is 31.8 Å². The van der Waals surface area contributed by atoms with E-state index in [1.807, 2.05) is 22.3 Å². The first kappa shape index (κ1) is 17.1. The number of carbonyl (C=O) groups is 1. The van der Waals surface area contributed by atoms with Gasteiger partial charge in [-0.05, 0) is 25.5 Å². The van der Waals surface area contributed by atoms with Crippen molar-refractivity contribution in [2.75, 3.05) is 20.6 Å². The molecule has 1 unspecified atom stereocenters. The summed E-state index contributed by atoms with van der Waals surface area (Å²) in [4.78, 5) is 26.3. The molecule has 1 atom stereocenters. The molecule has 136 valence electrons. The molecule has 4 heterocycles. The van der Waals surface area contributed by atoms with Gasteiger partial charge in [0.1, 0.15) is 5.56 Å². The zero-order valence-electron chi connectivity index (χ0n) is 15.0. The average Bonchev–Trinajstić information content (AvgIpc) is 3.31. The Morgan fingerprint density at radius 2 is 2.23 bits per heavy atom. The zero-order valence-corrected chi connectivity index (χ0v) is 15.8. The van der Waals surface area contributed by atoms with Gasteiger partial charge < -0.3 is 4.90 Å². The fourth-order valence-electron chi connectivity index (χ4n) is 3.59. The summed E-state index contributed by atoms with van der Waals surface area (Å²) in [5.41, 5.74) is 4.15. The van der Waals surface area contributed by atoms with Gasteiger partial charge in [-0.1, -0.05) is 6.42 Å². The third kappa shape index (κ3) is 3.10. The lowest BCUT2D eigenvalue weighted by Crippen LogP contribution is -2.34. The number of hydrogen-bond donors (Lipinski definition) is 0. The van der Waals surface area contributed by atoms with E-state index < -0.39 is 0 Å². The number of carbonyl (C=O) groups excluding carboxylic acids is 1. The van der Waals surface area contributed by atoms with Crippen LogP contribution < -0.4 is 0 Å². The average molecular weight is 370 g/mol. The van der Waals surface area contributed by atoms with Crippen LogP contribution in [-0.4, -0.2) is 55.9 Å². The fraction of sp³-hybridized carbons (Fsp3) is 0.444. The SMILES string of the molecule is CN(C)C(=O)c1cnn2c(C3CCCCN3Cc3cncs3)ccnc12. The molecule has 3 aromatic rings. The monoisotopic (exact) mass is 370 g/mol. The number of thiazole rings is 1. The number of likely N-dealkylation sites (tertiary alicyclic amines) is 1. The molecule has 0 N–H and O–H groups in total. The van der Waals surface area contributed by atoms with Crippen LogP contribution in [0, 0.1) is 0 Å². The third-order valence-corrected chi connectivity index (χ3v) is 5.63.